The highest BCUT2D eigenvalue weighted by atomic mass is 35.5. The van der Waals surface area contributed by atoms with Gasteiger partial charge in [0.1, 0.15) is 5.75 Å². The third-order valence-electron chi connectivity index (χ3n) is 3.78. The summed E-state index contributed by atoms with van der Waals surface area (Å²) in [6, 6.07) is 9.77. The van der Waals surface area contributed by atoms with Crippen molar-refractivity contribution >= 4 is 29.3 Å². The lowest BCUT2D eigenvalue weighted by Crippen LogP contribution is -2.24. The van der Waals surface area contributed by atoms with E-state index in [0.717, 1.165) is 17.0 Å². The van der Waals surface area contributed by atoms with Crippen molar-refractivity contribution in [1.82, 2.24) is 0 Å². The first-order valence-electron chi connectivity index (χ1n) is 8.39. The van der Waals surface area contributed by atoms with Gasteiger partial charge >= 0.3 is 12.1 Å². The van der Waals surface area contributed by atoms with E-state index in [2.05, 4.69) is 0 Å². The SMILES string of the molecule is CC(C)(COc1ccc(C(F)(F)F)cc1)CSc1ccc(CC(=O)O)cc1Cl. The lowest BCUT2D eigenvalue weighted by molar-refractivity contribution is -0.138. The Hall–Kier alpha value is -1.86. The number of carboxylic acids is 1. The van der Waals surface area contributed by atoms with Crippen LogP contribution < -0.4 is 4.74 Å². The minimum absolute atomic E-state index is 0.0862. The molecule has 2 rings (SSSR count). The number of alkyl halides is 3. The number of halogens is 4. The molecular weight excluding hydrogens is 413 g/mol. The molecule has 2 aromatic carbocycles. The van der Waals surface area contributed by atoms with Crippen LogP contribution in [0.15, 0.2) is 47.4 Å². The lowest BCUT2D eigenvalue weighted by Gasteiger charge is -2.24. The molecule has 152 valence electrons. The summed E-state index contributed by atoms with van der Waals surface area (Å²) in [5, 5.41) is 9.32. The van der Waals surface area contributed by atoms with E-state index in [0.29, 0.717) is 28.7 Å². The van der Waals surface area contributed by atoms with Crippen LogP contribution in [0.25, 0.3) is 0 Å². The zero-order valence-corrected chi connectivity index (χ0v) is 16.9. The highest BCUT2D eigenvalue weighted by molar-refractivity contribution is 7.99. The normalized spacial score (nSPS) is 12.1. The Morgan fingerprint density at radius 2 is 1.79 bits per heavy atom. The standard InChI is InChI=1S/C20H20ClF3O3S/c1-19(2,11-27-15-6-4-14(5-7-15)20(22,23)24)12-28-17-8-3-13(9-16(17)21)10-18(25)26/h3-9H,10-12H2,1-2H3,(H,25,26). The Bertz CT molecular complexity index is 820. The Labute approximate surface area is 170 Å². The number of thioether (sulfide) groups is 1. The minimum atomic E-state index is -4.37. The van der Waals surface area contributed by atoms with Gasteiger partial charge in [0.15, 0.2) is 0 Å². The molecule has 0 saturated heterocycles. The summed E-state index contributed by atoms with van der Waals surface area (Å²) in [4.78, 5) is 11.6. The molecule has 0 aliphatic heterocycles. The second-order valence-electron chi connectivity index (χ2n) is 7.10. The number of hydrogen-bond donors (Lipinski definition) is 1. The van der Waals surface area contributed by atoms with Crippen molar-refractivity contribution in [2.24, 2.45) is 5.41 Å². The van der Waals surface area contributed by atoms with Gasteiger partial charge in [-0.3, -0.25) is 4.79 Å². The van der Waals surface area contributed by atoms with Gasteiger partial charge in [-0.1, -0.05) is 31.5 Å². The molecule has 0 saturated carbocycles. The third kappa shape index (κ3) is 6.95. The molecule has 0 unspecified atom stereocenters. The van der Waals surface area contributed by atoms with E-state index < -0.39 is 17.7 Å². The van der Waals surface area contributed by atoms with E-state index in [1.807, 2.05) is 13.8 Å². The van der Waals surface area contributed by atoms with Crippen LogP contribution in [0.1, 0.15) is 25.0 Å². The highest BCUT2D eigenvalue weighted by Crippen LogP contribution is 2.34. The first-order chi connectivity index (χ1) is 13.0. The molecular formula is C20H20ClF3O3S. The monoisotopic (exact) mass is 432 g/mol. The van der Waals surface area contributed by atoms with E-state index >= 15 is 0 Å². The number of carbonyl (C=O) groups is 1. The van der Waals surface area contributed by atoms with Crippen LogP contribution in [0.4, 0.5) is 13.2 Å². The minimum Gasteiger partial charge on any atom is -0.493 e. The van der Waals surface area contributed by atoms with Crippen molar-refractivity contribution in [2.45, 2.75) is 31.3 Å². The number of aliphatic carboxylic acids is 1. The maximum Gasteiger partial charge on any atom is 0.416 e. The zero-order chi connectivity index (χ0) is 20.9. The highest BCUT2D eigenvalue weighted by Gasteiger charge is 2.30. The molecule has 1 N–H and O–H groups in total. The van der Waals surface area contributed by atoms with Crippen LogP contribution in [0.3, 0.4) is 0 Å². The van der Waals surface area contributed by atoms with Gasteiger partial charge in [0.2, 0.25) is 0 Å². The molecule has 3 nitrogen and oxygen atoms in total. The van der Waals surface area contributed by atoms with Gasteiger partial charge in [-0.25, -0.2) is 0 Å². The fourth-order valence-electron chi connectivity index (χ4n) is 2.28. The average molecular weight is 433 g/mol. The summed E-state index contributed by atoms with van der Waals surface area (Å²) in [5.41, 5.74) is -0.349. The van der Waals surface area contributed by atoms with E-state index in [1.165, 1.54) is 23.9 Å². The number of benzene rings is 2. The Morgan fingerprint density at radius 3 is 2.32 bits per heavy atom. The average Bonchev–Trinajstić information content (AvgIpc) is 2.58. The molecule has 0 heterocycles. The van der Waals surface area contributed by atoms with Crippen LogP contribution in [0.2, 0.25) is 5.02 Å². The van der Waals surface area contributed by atoms with Gasteiger partial charge in [0.05, 0.1) is 23.6 Å². The van der Waals surface area contributed by atoms with Gasteiger partial charge < -0.3 is 9.84 Å². The van der Waals surface area contributed by atoms with Crippen molar-refractivity contribution in [3.63, 3.8) is 0 Å². The first kappa shape index (κ1) is 22.4. The molecule has 0 atom stereocenters. The van der Waals surface area contributed by atoms with Crippen LogP contribution >= 0.6 is 23.4 Å². The molecule has 0 radical (unpaired) electrons. The molecule has 0 amide bonds. The summed E-state index contributed by atoms with van der Waals surface area (Å²) in [6.45, 7) is 4.29. The zero-order valence-electron chi connectivity index (χ0n) is 15.3. The molecule has 0 aromatic heterocycles. The van der Waals surface area contributed by atoms with Crippen molar-refractivity contribution < 1.29 is 27.8 Å². The maximum absolute atomic E-state index is 12.6. The number of carboxylic acid groups (broad SMARTS) is 1. The van der Waals surface area contributed by atoms with Gasteiger partial charge in [-0.15, -0.1) is 11.8 Å². The predicted molar refractivity (Wildman–Crippen MR) is 104 cm³/mol. The van der Waals surface area contributed by atoms with Gasteiger partial charge in [-0.2, -0.15) is 13.2 Å². The Morgan fingerprint density at radius 1 is 1.14 bits per heavy atom. The van der Waals surface area contributed by atoms with E-state index in [9.17, 15) is 18.0 Å². The van der Waals surface area contributed by atoms with Crippen molar-refractivity contribution in [1.29, 1.82) is 0 Å². The molecule has 0 spiro atoms. The Kier molecular flexibility index (Phi) is 7.28. The molecule has 28 heavy (non-hydrogen) atoms. The molecule has 0 aliphatic carbocycles. The van der Waals surface area contributed by atoms with E-state index in [-0.39, 0.29) is 11.8 Å². The van der Waals surface area contributed by atoms with Crippen LogP contribution in [-0.2, 0) is 17.4 Å². The van der Waals surface area contributed by atoms with Gasteiger partial charge in [-0.05, 0) is 42.0 Å². The number of rotatable bonds is 8. The van der Waals surface area contributed by atoms with Crippen molar-refractivity contribution in [2.75, 3.05) is 12.4 Å². The molecule has 0 bridgehead atoms. The van der Waals surface area contributed by atoms with E-state index in [4.69, 9.17) is 21.4 Å². The fourth-order valence-corrected chi connectivity index (χ4v) is 3.64. The molecule has 0 aliphatic rings. The van der Waals surface area contributed by atoms with Crippen molar-refractivity contribution in [3.8, 4) is 5.75 Å². The van der Waals surface area contributed by atoms with Crippen LogP contribution in [0, 0.1) is 5.41 Å². The smallest absolute Gasteiger partial charge is 0.416 e. The quantitative estimate of drug-likeness (QED) is 0.506. The Balaban J connectivity index is 1.90. The summed E-state index contributed by atoms with van der Waals surface area (Å²) < 4.78 is 43.4. The predicted octanol–water partition coefficient (Wildman–Crippen LogP) is 6.18. The summed E-state index contributed by atoms with van der Waals surface area (Å²) in [6.07, 6.45) is -4.45. The third-order valence-corrected chi connectivity index (χ3v) is 5.80. The van der Waals surface area contributed by atoms with Crippen LogP contribution in [0.5, 0.6) is 5.75 Å². The number of ether oxygens (including phenoxy) is 1. The van der Waals surface area contributed by atoms with Crippen molar-refractivity contribution in [3.05, 3.63) is 58.6 Å². The van der Waals surface area contributed by atoms with Crippen LogP contribution in [-0.4, -0.2) is 23.4 Å². The summed E-state index contributed by atoms with van der Waals surface area (Å²) in [7, 11) is 0. The maximum atomic E-state index is 12.6. The number of hydrogen-bond acceptors (Lipinski definition) is 3. The van der Waals surface area contributed by atoms with Gasteiger partial charge in [0, 0.05) is 16.1 Å². The molecule has 2 aromatic rings. The summed E-state index contributed by atoms with van der Waals surface area (Å²) in [5.74, 6) is 0.117. The van der Waals surface area contributed by atoms with Gasteiger partial charge in [0.25, 0.3) is 0 Å². The molecule has 0 fully saturated rings. The molecule has 8 heteroatoms. The second kappa shape index (κ2) is 9.09. The first-order valence-corrected chi connectivity index (χ1v) is 9.76. The lowest BCUT2D eigenvalue weighted by atomic mass is 9.98. The largest absolute Gasteiger partial charge is 0.493 e. The topological polar surface area (TPSA) is 46.5 Å². The fraction of sp³-hybridized carbons (Fsp3) is 0.350. The summed E-state index contributed by atoms with van der Waals surface area (Å²) >= 11 is 7.74. The second-order valence-corrected chi connectivity index (χ2v) is 8.52. The van der Waals surface area contributed by atoms with E-state index in [1.54, 1.807) is 18.2 Å².